The van der Waals surface area contributed by atoms with E-state index in [0.717, 1.165) is 5.56 Å². The first-order chi connectivity index (χ1) is 18.8. The van der Waals surface area contributed by atoms with Gasteiger partial charge >= 0.3 is 5.97 Å². The fraction of sp³-hybridized carbons (Fsp3) is 0.357. The Bertz CT molecular complexity index is 1500. The molecule has 0 spiro atoms. The van der Waals surface area contributed by atoms with Crippen LogP contribution < -0.4 is 14.2 Å². The second-order valence-electron chi connectivity index (χ2n) is 9.73. The number of aromatic nitrogens is 4. The van der Waals surface area contributed by atoms with Gasteiger partial charge < -0.3 is 18.9 Å². The van der Waals surface area contributed by atoms with Crippen LogP contribution in [0, 0.1) is 0 Å². The van der Waals surface area contributed by atoms with Crippen molar-refractivity contribution in [2.45, 2.75) is 43.6 Å². The number of carbonyl (C=O) groups excluding carboxylic acids is 1. The molecule has 2 atom stereocenters. The van der Waals surface area contributed by atoms with Crippen LogP contribution in [0.3, 0.4) is 0 Å². The lowest BCUT2D eigenvalue weighted by Crippen LogP contribution is -2.32. The Hall–Kier alpha value is -4.28. The number of fused-ring (bicyclic) bond motifs is 1. The summed E-state index contributed by atoms with van der Waals surface area (Å²) < 4.78 is 54.9. The smallest absolute Gasteiger partial charge is 0.306 e. The summed E-state index contributed by atoms with van der Waals surface area (Å²) in [6, 6.07) is 12.5. The Kier molecular flexibility index (Phi) is 6.28. The number of alkyl halides is 2. The number of benzene rings is 2. The number of ether oxygens (including phenoxy) is 4. The highest BCUT2D eigenvalue weighted by molar-refractivity contribution is 5.71. The van der Waals surface area contributed by atoms with E-state index < -0.39 is 18.4 Å². The first-order valence-electron chi connectivity index (χ1n) is 12.7. The van der Waals surface area contributed by atoms with Crippen LogP contribution in [0.5, 0.6) is 17.2 Å². The summed E-state index contributed by atoms with van der Waals surface area (Å²) in [4.78, 5) is 11.7. The quantitative estimate of drug-likeness (QED) is 0.399. The van der Waals surface area contributed by atoms with E-state index in [0.29, 0.717) is 59.4 Å². The Morgan fingerprint density at radius 3 is 2.87 bits per heavy atom. The lowest BCUT2D eigenvalue weighted by molar-refractivity contribution is -0.141. The molecule has 0 bridgehead atoms. The van der Waals surface area contributed by atoms with Crippen molar-refractivity contribution >= 4 is 5.97 Å². The predicted octanol–water partition coefficient (Wildman–Crippen LogP) is 4.76. The molecule has 0 radical (unpaired) electrons. The van der Waals surface area contributed by atoms with Crippen molar-refractivity contribution in [1.82, 2.24) is 20.2 Å². The molecule has 3 aliphatic rings. The van der Waals surface area contributed by atoms with Gasteiger partial charge in [-0.05, 0) is 47.5 Å². The third kappa shape index (κ3) is 4.62. The van der Waals surface area contributed by atoms with Gasteiger partial charge in [0, 0.05) is 42.2 Å². The van der Waals surface area contributed by atoms with Crippen molar-refractivity contribution in [2.24, 2.45) is 7.05 Å². The number of hydrogen-bond acceptors (Lipinski definition) is 8. The Balaban J connectivity index is 1.25. The molecule has 1 aliphatic heterocycles. The van der Waals surface area contributed by atoms with Crippen LogP contribution in [0.15, 0.2) is 65.4 Å². The monoisotopic (exact) mass is 536 g/mol. The Labute approximate surface area is 223 Å². The summed E-state index contributed by atoms with van der Waals surface area (Å²) in [6.45, 7) is 0.349. The molecule has 0 fully saturated rings. The van der Waals surface area contributed by atoms with Gasteiger partial charge in [0.1, 0.15) is 29.1 Å². The van der Waals surface area contributed by atoms with Crippen LogP contribution in [0.1, 0.15) is 37.2 Å². The van der Waals surface area contributed by atoms with Gasteiger partial charge in [-0.2, -0.15) is 0 Å². The number of methoxy groups -OCH3 is 1. The molecular weight excluding hydrogens is 510 g/mol. The second kappa shape index (κ2) is 9.79. The van der Waals surface area contributed by atoms with Crippen molar-refractivity contribution in [1.29, 1.82) is 0 Å². The van der Waals surface area contributed by atoms with Gasteiger partial charge in [0.05, 0.1) is 25.7 Å². The summed E-state index contributed by atoms with van der Waals surface area (Å²) in [5.74, 6) is -1.11. The highest BCUT2D eigenvalue weighted by Crippen LogP contribution is 2.48. The zero-order chi connectivity index (χ0) is 27.1. The fourth-order valence-corrected chi connectivity index (χ4v) is 5.40. The molecule has 0 saturated heterocycles. The molecule has 0 unspecified atom stereocenters. The third-order valence-corrected chi connectivity index (χ3v) is 7.29. The maximum Gasteiger partial charge on any atom is 0.306 e. The van der Waals surface area contributed by atoms with Crippen LogP contribution in [-0.4, -0.2) is 51.9 Å². The van der Waals surface area contributed by atoms with Gasteiger partial charge in [0.2, 0.25) is 0 Å². The van der Waals surface area contributed by atoms with E-state index in [9.17, 15) is 4.79 Å². The van der Waals surface area contributed by atoms with Crippen molar-refractivity contribution < 1.29 is 32.5 Å². The molecule has 6 rings (SSSR count). The minimum atomic E-state index is -3.06. The number of carbonyl (C=O) groups is 1. The van der Waals surface area contributed by atoms with E-state index in [1.807, 2.05) is 24.3 Å². The summed E-state index contributed by atoms with van der Waals surface area (Å²) in [6.07, 6.45) is 1.12. The fourth-order valence-electron chi connectivity index (χ4n) is 5.40. The molecule has 3 aromatic rings. The number of allylic oxidation sites excluding steroid dienone is 2. The topological polar surface area (TPSA) is 97.6 Å². The normalized spacial score (nSPS) is 21.1. The van der Waals surface area contributed by atoms with Crippen LogP contribution >= 0.6 is 0 Å². The number of aryl methyl sites for hydroxylation is 1. The number of rotatable bonds is 7. The zero-order valence-corrected chi connectivity index (χ0v) is 21.4. The summed E-state index contributed by atoms with van der Waals surface area (Å²) in [5.41, 5.74) is 1.93. The highest BCUT2D eigenvalue weighted by atomic mass is 19.3. The minimum absolute atomic E-state index is 0.0530. The molecular formula is C28H26F2N4O5. The van der Waals surface area contributed by atoms with E-state index in [2.05, 4.69) is 15.5 Å². The SMILES string of the molecule is COC(=O)C[C@@H]1COc2cc(O[C@@H]3CCC4=C3C(F)(F)CC=C4Oc3ccccc3-c3nnnn3C)ccc21. The third-order valence-electron chi connectivity index (χ3n) is 7.29. The van der Waals surface area contributed by atoms with Crippen LogP contribution in [0.2, 0.25) is 0 Å². The lowest BCUT2D eigenvalue weighted by Gasteiger charge is -2.28. The van der Waals surface area contributed by atoms with Gasteiger partial charge in [0.15, 0.2) is 5.82 Å². The lowest BCUT2D eigenvalue weighted by atomic mass is 9.93. The van der Waals surface area contributed by atoms with E-state index in [1.54, 1.807) is 25.2 Å². The van der Waals surface area contributed by atoms with Crippen LogP contribution in [-0.2, 0) is 16.6 Å². The first-order valence-corrected chi connectivity index (χ1v) is 12.7. The van der Waals surface area contributed by atoms with E-state index in [4.69, 9.17) is 18.9 Å². The molecule has 2 aromatic carbocycles. The molecule has 39 heavy (non-hydrogen) atoms. The van der Waals surface area contributed by atoms with E-state index >= 15 is 8.78 Å². The van der Waals surface area contributed by atoms with Gasteiger partial charge in [0.25, 0.3) is 5.92 Å². The van der Waals surface area contributed by atoms with Crippen molar-refractivity contribution in [2.75, 3.05) is 13.7 Å². The average Bonchev–Trinajstić information content (AvgIpc) is 3.65. The molecule has 9 nitrogen and oxygen atoms in total. The van der Waals surface area contributed by atoms with Crippen molar-refractivity contribution in [3.63, 3.8) is 0 Å². The minimum Gasteiger partial charge on any atom is -0.492 e. The number of nitrogens with zero attached hydrogens (tertiary/aromatic N) is 4. The maximum absolute atomic E-state index is 15.3. The average molecular weight is 537 g/mol. The molecule has 2 aliphatic carbocycles. The number of esters is 1. The van der Waals surface area contributed by atoms with Gasteiger partial charge in [-0.15, -0.1) is 5.10 Å². The van der Waals surface area contributed by atoms with Gasteiger partial charge in [-0.25, -0.2) is 13.5 Å². The standard InChI is InChI=1S/C28H26F2N4O5/c1-34-27(31-32-33-34)20-5-3-4-6-21(20)39-22-11-12-28(29,30)26-19(22)9-10-23(26)38-17-7-8-18-16(13-25(35)36-2)15-37-24(18)14-17/h3-8,11,14,16,23H,9-10,12-13,15H2,1-2H3/t16-,23-/m1/s1. The van der Waals surface area contributed by atoms with Crippen molar-refractivity contribution in [3.8, 4) is 28.6 Å². The molecule has 0 saturated carbocycles. The Morgan fingerprint density at radius 1 is 1.23 bits per heavy atom. The maximum atomic E-state index is 15.3. The molecule has 0 amide bonds. The molecule has 1 aromatic heterocycles. The van der Waals surface area contributed by atoms with Crippen molar-refractivity contribution in [3.05, 3.63) is 71.0 Å². The van der Waals surface area contributed by atoms with Gasteiger partial charge in [-0.1, -0.05) is 18.2 Å². The summed E-state index contributed by atoms with van der Waals surface area (Å²) in [5, 5.41) is 11.6. The number of hydrogen-bond donors (Lipinski definition) is 0. The first kappa shape index (κ1) is 25.0. The zero-order valence-electron chi connectivity index (χ0n) is 21.4. The highest BCUT2D eigenvalue weighted by Gasteiger charge is 2.48. The van der Waals surface area contributed by atoms with E-state index in [1.165, 1.54) is 17.9 Å². The molecule has 202 valence electrons. The largest absolute Gasteiger partial charge is 0.492 e. The van der Waals surface area contributed by atoms with Gasteiger partial charge in [-0.3, -0.25) is 4.79 Å². The van der Waals surface area contributed by atoms with E-state index in [-0.39, 0.29) is 23.9 Å². The number of halogens is 2. The molecule has 11 heteroatoms. The second-order valence-corrected chi connectivity index (χ2v) is 9.73. The predicted molar refractivity (Wildman–Crippen MR) is 134 cm³/mol. The van der Waals surface area contributed by atoms with Crippen LogP contribution in [0.25, 0.3) is 11.4 Å². The molecule has 2 heterocycles. The number of tetrazole rings is 1. The summed E-state index contributed by atoms with van der Waals surface area (Å²) >= 11 is 0. The number of para-hydroxylation sites is 1. The van der Waals surface area contributed by atoms with Crippen LogP contribution in [0.4, 0.5) is 8.78 Å². The summed E-state index contributed by atoms with van der Waals surface area (Å²) in [7, 11) is 3.07. The Morgan fingerprint density at radius 2 is 2.08 bits per heavy atom. The molecule has 0 N–H and O–H groups in total.